The maximum atomic E-state index is 13.5. The molecule has 0 aliphatic carbocycles. The molecular weight excluding hydrogens is 466 g/mol. The van der Waals surface area contributed by atoms with Gasteiger partial charge in [-0.25, -0.2) is 0 Å². The average molecular weight is 492 g/mol. The van der Waals surface area contributed by atoms with Crippen LogP contribution in [-0.4, -0.2) is 55.6 Å². The predicted molar refractivity (Wildman–Crippen MR) is 117 cm³/mol. The van der Waals surface area contributed by atoms with Crippen molar-refractivity contribution in [1.29, 1.82) is 0 Å². The van der Waals surface area contributed by atoms with Crippen molar-refractivity contribution in [3.63, 3.8) is 0 Å². The lowest BCUT2D eigenvalue weighted by Gasteiger charge is -2.34. The summed E-state index contributed by atoms with van der Waals surface area (Å²) >= 11 is 0. The molecule has 0 aromatic heterocycles. The number of aliphatic hydroxyl groups is 2. The van der Waals surface area contributed by atoms with E-state index >= 15 is 0 Å². The van der Waals surface area contributed by atoms with Crippen LogP contribution in [-0.2, 0) is 5.60 Å². The lowest BCUT2D eigenvalue weighted by atomic mass is 9.87. The molecule has 0 bridgehead atoms. The van der Waals surface area contributed by atoms with Crippen molar-refractivity contribution in [2.75, 3.05) is 37.0 Å². The van der Waals surface area contributed by atoms with E-state index in [4.69, 9.17) is 5.11 Å². The first-order chi connectivity index (χ1) is 15.8. The molecule has 0 fully saturated rings. The fraction of sp³-hybridized carbons (Fsp3) is 0.435. The molecule has 0 amide bonds. The third kappa shape index (κ3) is 5.47. The highest BCUT2D eigenvalue weighted by Crippen LogP contribution is 2.51. The summed E-state index contributed by atoms with van der Waals surface area (Å²) in [4.78, 5) is 13.4. The number of alkyl halides is 6. The van der Waals surface area contributed by atoms with Crippen LogP contribution in [0.2, 0.25) is 0 Å². The van der Waals surface area contributed by atoms with Crippen LogP contribution in [0.15, 0.2) is 36.4 Å². The minimum atomic E-state index is -6.05. The molecule has 2 aromatic carbocycles. The van der Waals surface area contributed by atoms with E-state index in [1.54, 1.807) is 11.9 Å². The zero-order chi connectivity index (χ0) is 25.7. The van der Waals surface area contributed by atoms with E-state index in [2.05, 4.69) is 5.32 Å². The van der Waals surface area contributed by atoms with Crippen molar-refractivity contribution < 1.29 is 41.4 Å². The molecule has 0 unspecified atom stereocenters. The van der Waals surface area contributed by atoms with Crippen molar-refractivity contribution in [2.45, 2.75) is 37.7 Å². The first-order valence-corrected chi connectivity index (χ1v) is 10.5. The first-order valence-electron chi connectivity index (χ1n) is 10.5. The summed E-state index contributed by atoms with van der Waals surface area (Å²) in [6.07, 6.45) is -10.2. The maximum absolute atomic E-state index is 13.5. The van der Waals surface area contributed by atoms with E-state index < -0.39 is 23.5 Å². The number of benzene rings is 2. The standard InChI is InChI=1S/C23H26F6N2O3/c1-3-4-10-31(2)20-8-6-16(21(34,22(24,25)26)23(27,28)29)12-19(20)18-13-17(30-9-11-32)7-5-15(18)14-33/h5-8,12-14,30,32,34H,3-4,9-11H2,1-2H3. The smallest absolute Gasteiger partial charge is 0.395 e. The zero-order valence-electron chi connectivity index (χ0n) is 18.6. The first kappa shape index (κ1) is 27.5. The number of halogens is 6. The molecule has 188 valence electrons. The Kier molecular flexibility index (Phi) is 8.59. The van der Waals surface area contributed by atoms with Crippen LogP contribution in [0.5, 0.6) is 0 Å². The Balaban J connectivity index is 2.84. The second-order valence-electron chi connectivity index (χ2n) is 7.78. The highest BCUT2D eigenvalue weighted by Gasteiger charge is 2.71. The molecule has 0 heterocycles. The zero-order valence-corrected chi connectivity index (χ0v) is 18.6. The second-order valence-corrected chi connectivity index (χ2v) is 7.78. The molecule has 11 heteroatoms. The van der Waals surface area contributed by atoms with Gasteiger partial charge in [0.15, 0.2) is 6.29 Å². The molecule has 0 saturated heterocycles. The van der Waals surface area contributed by atoms with E-state index in [1.165, 1.54) is 18.2 Å². The van der Waals surface area contributed by atoms with Gasteiger partial charge in [-0.3, -0.25) is 4.79 Å². The van der Waals surface area contributed by atoms with Crippen molar-refractivity contribution in [2.24, 2.45) is 0 Å². The van der Waals surface area contributed by atoms with Crippen molar-refractivity contribution in [1.82, 2.24) is 0 Å². The van der Waals surface area contributed by atoms with Crippen molar-refractivity contribution in [3.8, 4) is 11.1 Å². The molecule has 0 saturated carbocycles. The molecule has 0 atom stereocenters. The van der Waals surface area contributed by atoms with Crippen LogP contribution in [0.4, 0.5) is 37.7 Å². The Morgan fingerprint density at radius 3 is 2.18 bits per heavy atom. The van der Waals surface area contributed by atoms with Gasteiger partial charge in [0.25, 0.3) is 5.60 Å². The van der Waals surface area contributed by atoms with Gasteiger partial charge in [-0.05, 0) is 42.3 Å². The third-order valence-electron chi connectivity index (χ3n) is 5.40. The normalized spacial score (nSPS) is 12.5. The van der Waals surface area contributed by atoms with Crippen LogP contribution >= 0.6 is 0 Å². The molecule has 0 radical (unpaired) electrons. The van der Waals surface area contributed by atoms with Gasteiger partial charge in [0.1, 0.15) is 0 Å². The molecule has 2 rings (SSSR count). The quantitative estimate of drug-likeness (QED) is 0.317. The molecule has 0 spiro atoms. The lowest BCUT2D eigenvalue weighted by molar-refractivity contribution is -0.376. The topological polar surface area (TPSA) is 72.8 Å². The number of aliphatic hydroxyl groups excluding tert-OH is 1. The maximum Gasteiger partial charge on any atom is 0.430 e. The van der Waals surface area contributed by atoms with Crippen LogP contribution < -0.4 is 10.2 Å². The minimum Gasteiger partial charge on any atom is -0.395 e. The van der Waals surface area contributed by atoms with Gasteiger partial charge >= 0.3 is 12.4 Å². The number of aldehydes is 1. The van der Waals surface area contributed by atoms with Gasteiger partial charge in [0.05, 0.1) is 6.61 Å². The van der Waals surface area contributed by atoms with E-state index in [-0.39, 0.29) is 35.5 Å². The predicted octanol–water partition coefficient (Wildman–Crippen LogP) is 5.12. The highest BCUT2D eigenvalue weighted by molar-refractivity contribution is 5.93. The Hall–Kier alpha value is -2.79. The van der Waals surface area contributed by atoms with Crippen molar-refractivity contribution >= 4 is 17.7 Å². The number of carbonyl (C=O) groups is 1. The molecular formula is C23H26F6N2O3. The Morgan fingerprint density at radius 1 is 1.00 bits per heavy atom. The van der Waals surface area contributed by atoms with Crippen LogP contribution in [0.25, 0.3) is 11.1 Å². The molecule has 3 N–H and O–H groups in total. The number of carbonyl (C=O) groups excluding carboxylic acids is 1. The number of nitrogens with one attached hydrogen (secondary N) is 1. The van der Waals surface area contributed by atoms with Gasteiger partial charge in [-0.1, -0.05) is 19.4 Å². The van der Waals surface area contributed by atoms with Crippen molar-refractivity contribution in [3.05, 3.63) is 47.5 Å². The number of unbranched alkanes of at least 4 members (excludes halogenated alkanes) is 1. The number of anilines is 2. The van der Waals surface area contributed by atoms with Gasteiger partial charge in [0, 0.05) is 48.2 Å². The number of nitrogens with zero attached hydrogens (tertiary/aromatic N) is 1. The summed E-state index contributed by atoms with van der Waals surface area (Å²) in [7, 11) is 1.63. The van der Waals surface area contributed by atoms with Crippen LogP contribution in [0, 0.1) is 0 Å². The number of hydrogen-bond donors (Lipinski definition) is 3. The Labute approximate surface area is 193 Å². The Bertz CT molecular complexity index is 978. The lowest BCUT2D eigenvalue weighted by Crippen LogP contribution is -2.53. The second kappa shape index (κ2) is 10.6. The SMILES string of the molecule is CCCCN(C)c1ccc(C(O)(C(F)(F)F)C(F)(F)F)cc1-c1cc(NCCO)ccc1C=O. The summed E-state index contributed by atoms with van der Waals surface area (Å²) in [6.45, 7) is 2.27. The Morgan fingerprint density at radius 2 is 1.65 bits per heavy atom. The fourth-order valence-electron chi connectivity index (χ4n) is 3.52. The van der Waals surface area contributed by atoms with Gasteiger partial charge in [-0.15, -0.1) is 0 Å². The molecule has 0 aliphatic rings. The number of rotatable bonds is 10. The summed E-state index contributed by atoms with van der Waals surface area (Å²) in [6, 6.07) is 6.55. The number of hydrogen-bond acceptors (Lipinski definition) is 5. The van der Waals surface area contributed by atoms with Crippen LogP contribution in [0.1, 0.15) is 35.7 Å². The van der Waals surface area contributed by atoms with Crippen LogP contribution in [0.3, 0.4) is 0 Å². The molecule has 5 nitrogen and oxygen atoms in total. The van der Waals surface area contributed by atoms with Gasteiger partial charge in [-0.2, -0.15) is 26.3 Å². The fourth-order valence-corrected chi connectivity index (χ4v) is 3.52. The highest BCUT2D eigenvalue weighted by atomic mass is 19.4. The summed E-state index contributed by atoms with van der Waals surface area (Å²) < 4.78 is 81.1. The van der Waals surface area contributed by atoms with E-state index in [0.29, 0.717) is 37.1 Å². The van der Waals surface area contributed by atoms with E-state index in [0.717, 1.165) is 12.5 Å². The summed E-state index contributed by atoms with van der Waals surface area (Å²) in [5, 5.41) is 21.8. The van der Waals surface area contributed by atoms with E-state index in [1.807, 2.05) is 6.92 Å². The summed E-state index contributed by atoms with van der Waals surface area (Å²) in [5.41, 5.74) is -5.83. The van der Waals surface area contributed by atoms with Gasteiger partial charge in [0.2, 0.25) is 0 Å². The summed E-state index contributed by atoms with van der Waals surface area (Å²) in [5.74, 6) is 0. The molecule has 2 aromatic rings. The average Bonchev–Trinajstić information content (AvgIpc) is 2.78. The monoisotopic (exact) mass is 492 g/mol. The third-order valence-corrected chi connectivity index (χ3v) is 5.40. The molecule has 0 aliphatic heterocycles. The minimum absolute atomic E-state index is 0.0272. The molecule has 34 heavy (non-hydrogen) atoms. The van der Waals surface area contributed by atoms with Gasteiger partial charge < -0.3 is 20.4 Å². The largest absolute Gasteiger partial charge is 0.430 e. The van der Waals surface area contributed by atoms with E-state index in [9.17, 15) is 36.2 Å².